The lowest BCUT2D eigenvalue weighted by molar-refractivity contribution is 0.0722. The number of para-hydroxylation sites is 1. The topological polar surface area (TPSA) is 75.0 Å². The first-order chi connectivity index (χ1) is 17.0. The van der Waals surface area contributed by atoms with E-state index in [1.54, 1.807) is 29.4 Å². The van der Waals surface area contributed by atoms with Gasteiger partial charge in [-0.25, -0.2) is 0 Å². The summed E-state index contributed by atoms with van der Waals surface area (Å²) in [5, 5.41) is 4.84. The van der Waals surface area contributed by atoms with Crippen LogP contribution in [0.15, 0.2) is 82.8 Å². The Morgan fingerprint density at radius 3 is 2.51 bits per heavy atom. The molecule has 4 aromatic rings. The second-order valence-corrected chi connectivity index (χ2v) is 9.06. The van der Waals surface area contributed by atoms with E-state index in [9.17, 15) is 9.59 Å². The van der Waals surface area contributed by atoms with Gasteiger partial charge in [-0.3, -0.25) is 9.59 Å². The molecule has 2 amide bonds. The van der Waals surface area contributed by atoms with Gasteiger partial charge in [0.05, 0.1) is 30.4 Å². The molecule has 4 rings (SSSR count). The van der Waals surface area contributed by atoms with Gasteiger partial charge in [-0.1, -0.05) is 18.2 Å². The second-order valence-electron chi connectivity index (χ2n) is 8.11. The molecule has 0 saturated carbocycles. The van der Waals surface area contributed by atoms with Gasteiger partial charge in [-0.2, -0.15) is 0 Å². The van der Waals surface area contributed by atoms with Gasteiger partial charge in [-0.05, 0) is 59.5 Å². The van der Waals surface area contributed by atoms with Crippen LogP contribution in [-0.4, -0.2) is 37.9 Å². The highest BCUT2D eigenvalue weighted by molar-refractivity contribution is 7.12. The summed E-state index contributed by atoms with van der Waals surface area (Å²) in [5.41, 5.74) is 2.91. The summed E-state index contributed by atoms with van der Waals surface area (Å²) >= 11 is 1.40. The summed E-state index contributed by atoms with van der Waals surface area (Å²) in [5.74, 6) is 0.848. The molecule has 0 unspecified atom stereocenters. The van der Waals surface area contributed by atoms with E-state index in [1.165, 1.54) is 18.4 Å². The van der Waals surface area contributed by atoms with Crippen LogP contribution in [0.4, 0.5) is 11.4 Å². The average molecular weight is 490 g/mol. The number of benzene rings is 2. The minimum atomic E-state index is -0.270. The number of hydrogen-bond acceptors (Lipinski definition) is 6. The number of hydrogen-bond donors (Lipinski definition) is 1. The fraction of sp³-hybridized carbons (Fsp3) is 0.185. The molecule has 0 aliphatic heterocycles. The fourth-order valence-electron chi connectivity index (χ4n) is 3.81. The summed E-state index contributed by atoms with van der Waals surface area (Å²) in [7, 11) is 5.43. The van der Waals surface area contributed by atoms with Gasteiger partial charge >= 0.3 is 0 Å². The maximum absolute atomic E-state index is 13.3. The molecule has 0 fully saturated rings. The van der Waals surface area contributed by atoms with Crippen molar-refractivity contribution in [2.45, 2.75) is 13.1 Å². The summed E-state index contributed by atoms with van der Waals surface area (Å²) in [6.45, 7) is 0.664. The Morgan fingerprint density at radius 1 is 1.00 bits per heavy atom. The number of carbonyl (C=O) groups excluding carboxylic acids is 2. The number of amides is 2. The highest BCUT2D eigenvalue weighted by Crippen LogP contribution is 2.27. The van der Waals surface area contributed by atoms with Gasteiger partial charge < -0.3 is 24.3 Å². The van der Waals surface area contributed by atoms with Gasteiger partial charge in [0, 0.05) is 32.0 Å². The molecule has 1 N–H and O–H groups in total. The third-order valence-electron chi connectivity index (χ3n) is 5.48. The molecule has 0 spiro atoms. The number of thiophene rings is 1. The highest BCUT2D eigenvalue weighted by atomic mass is 32.1. The van der Waals surface area contributed by atoms with Crippen molar-refractivity contribution in [3.05, 3.63) is 100 Å². The van der Waals surface area contributed by atoms with E-state index in [4.69, 9.17) is 9.15 Å². The molecule has 2 heterocycles. The van der Waals surface area contributed by atoms with Crippen molar-refractivity contribution in [2.75, 3.05) is 31.4 Å². The summed E-state index contributed by atoms with van der Waals surface area (Å²) in [6.07, 6.45) is 1.60. The third-order valence-corrected chi connectivity index (χ3v) is 6.34. The van der Waals surface area contributed by atoms with Crippen LogP contribution < -0.4 is 15.0 Å². The predicted octanol–water partition coefficient (Wildman–Crippen LogP) is 5.51. The van der Waals surface area contributed by atoms with Crippen molar-refractivity contribution in [1.82, 2.24) is 4.90 Å². The lowest BCUT2D eigenvalue weighted by atomic mass is 10.1. The summed E-state index contributed by atoms with van der Waals surface area (Å²) in [4.78, 5) is 30.7. The number of carbonyl (C=O) groups is 2. The van der Waals surface area contributed by atoms with Crippen LogP contribution in [0.3, 0.4) is 0 Å². The Morgan fingerprint density at radius 2 is 1.83 bits per heavy atom. The Balaban J connectivity index is 1.63. The number of ether oxygens (including phenoxy) is 1. The van der Waals surface area contributed by atoms with E-state index in [-0.39, 0.29) is 11.8 Å². The largest absolute Gasteiger partial charge is 0.496 e. The van der Waals surface area contributed by atoms with Crippen LogP contribution in [0.25, 0.3) is 0 Å². The smallest absolute Gasteiger partial charge is 0.264 e. The lowest BCUT2D eigenvalue weighted by Gasteiger charge is -2.25. The van der Waals surface area contributed by atoms with E-state index in [2.05, 4.69) is 5.32 Å². The molecule has 8 heteroatoms. The maximum atomic E-state index is 13.3. The van der Waals surface area contributed by atoms with E-state index in [0.717, 1.165) is 11.3 Å². The minimum Gasteiger partial charge on any atom is -0.496 e. The zero-order valence-electron chi connectivity index (χ0n) is 19.9. The second kappa shape index (κ2) is 10.9. The normalized spacial score (nSPS) is 10.6. The molecule has 35 heavy (non-hydrogen) atoms. The summed E-state index contributed by atoms with van der Waals surface area (Å²) in [6, 6.07) is 20.1. The SMILES string of the molecule is COc1ccccc1C(=O)Nc1ccc(N(C)C)c(CN(Cc2ccco2)C(=O)c2cccs2)c1. The van der Waals surface area contributed by atoms with Crippen LogP contribution in [0.1, 0.15) is 31.4 Å². The molecular formula is C27H27N3O4S. The van der Waals surface area contributed by atoms with Crippen LogP contribution in [-0.2, 0) is 13.1 Å². The molecular weight excluding hydrogens is 462 g/mol. The average Bonchev–Trinajstić information content (AvgIpc) is 3.58. The van der Waals surface area contributed by atoms with Crippen molar-refractivity contribution in [1.29, 1.82) is 0 Å². The van der Waals surface area contributed by atoms with Crippen LogP contribution in [0.5, 0.6) is 5.75 Å². The van der Waals surface area contributed by atoms with Gasteiger partial charge in [0.15, 0.2) is 0 Å². The first kappa shape index (κ1) is 24.1. The highest BCUT2D eigenvalue weighted by Gasteiger charge is 2.21. The number of furan rings is 1. The number of methoxy groups -OCH3 is 1. The number of rotatable bonds is 9. The fourth-order valence-corrected chi connectivity index (χ4v) is 4.50. The zero-order chi connectivity index (χ0) is 24.8. The molecule has 0 aliphatic carbocycles. The van der Waals surface area contributed by atoms with E-state index >= 15 is 0 Å². The van der Waals surface area contributed by atoms with Gasteiger partial charge in [0.1, 0.15) is 11.5 Å². The van der Waals surface area contributed by atoms with Gasteiger partial charge in [0.25, 0.3) is 11.8 Å². The van der Waals surface area contributed by atoms with Crippen LogP contribution in [0.2, 0.25) is 0 Å². The third kappa shape index (κ3) is 5.73. The molecule has 180 valence electrons. The van der Waals surface area contributed by atoms with E-state index in [1.807, 2.05) is 72.9 Å². The van der Waals surface area contributed by atoms with E-state index in [0.29, 0.717) is 40.7 Å². The Kier molecular flexibility index (Phi) is 7.52. The van der Waals surface area contributed by atoms with Gasteiger partial charge in [-0.15, -0.1) is 11.3 Å². The maximum Gasteiger partial charge on any atom is 0.264 e. The van der Waals surface area contributed by atoms with Crippen molar-refractivity contribution in [3.8, 4) is 5.75 Å². The molecule has 0 atom stereocenters. The molecule has 0 bridgehead atoms. The first-order valence-electron chi connectivity index (χ1n) is 11.1. The zero-order valence-corrected chi connectivity index (χ0v) is 20.7. The molecule has 0 saturated heterocycles. The molecule has 7 nitrogen and oxygen atoms in total. The van der Waals surface area contributed by atoms with Crippen LogP contribution >= 0.6 is 11.3 Å². The first-order valence-corrected chi connectivity index (χ1v) is 11.9. The van der Waals surface area contributed by atoms with E-state index < -0.39 is 0 Å². The Bertz CT molecular complexity index is 1280. The van der Waals surface area contributed by atoms with Gasteiger partial charge in [0.2, 0.25) is 0 Å². The Hall–Kier alpha value is -4.04. The van der Waals surface area contributed by atoms with Crippen molar-refractivity contribution in [2.24, 2.45) is 0 Å². The van der Waals surface area contributed by atoms with Crippen molar-refractivity contribution < 1.29 is 18.7 Å². The molecule has 2 aromatic heterocycles. The number of nitrogens with zero attached hydrogens (tertiary/aromatic N) is 2. The van der Waals surface area contributed by atoms with Crippen molar-refractivity contribution in [3.63, 3.8) is 0 Å². The standard InChI is InChI=1S/C27H27N3O4S/c1-29(2)23-13-12-20(28-26(31)22-9-4-5-10-24(22)33-3)16-19(23)17-30(18-21-8-6-14-34-21)27(32)25-11-7-15-35-25/h4-16H,17-18H2,1-3H3,(H,28,31). The number of anilines is 2. The van der Waals surface area contributed by atoms with Crippen molar-refractivity contribution >= 4 is 34.5 Å². The quantitative estimate of drug-likeness (QED) is 0.336. The predicted molar refractivity (Wildman–Crippen MR) is 138 cm³/mol. The Labute approximate surface area is 208 Å². The lowest BCUT2D eigenvalue weighted by Crippen LogP contribution is -2.30. The van der Waals surface area contributed by atoms with Crippen LogP contribution in [0, 0.1) is 0 Å². The number of nitrogens with one attached hydrogen (secondary N) is 1. The summed E-state index contributed by atoms with van der Waals surface area (Å²) < 4.78 is 10.8. The molecule has 0 aliphatic rings. The molecule has 2 aromatic carbocycles. The minimum absolute atomic E-state index is 0.0791. The monoisotopic (exact) mass is 489 g/mol. The molecule has 0 radical (unpaired) electrons.